The Morgan fingerprint density at radius 2 is 2.39 bits per heavy atom. The molecule has 2 N–H and O–H groups in total. The summed E-state index contributed by atoms with van der Waals surface area (Å²) in [6, 6.07) is 2.47. The van der Waals surface area contributed by atoms with Crippen molar-refractivity contribution in [3.8, 4) is 0 Å². The molecule has 1 aliphatic rings. The van der Waals surface area contributed by atoms with Crippen molar-refractivity contribution in [1.82, 2.24) is 4.90 Å². The van der Waals surface area contributed by atoms with Gasteiger partial charge in [-0.1, -0.05) is 11.6 Å². The SMILES string of the molecule is COC1CCN(Cc2cc(Cl)cs2)C(CN)C1.Cl. The molecule has 1 aliphatic heterocycles. The number of halogens is 2. The van der Waals surface area contributed by atoms with Crippen molar-refractivity contribution in [2.24, 2.45) is 5.73 Å². The van der Waals surface area contributed by atoms with Gasteiger partial charge in [0.15, 0.2) is 0 Å². The molecule has 2 heterocycles. The minimum absolute atomic E-state index is 0. The van der Waals surface area contributed by atoms with E-state index in [9.17, 15) is 0 Å². The maximum absolute atomic E-state index is 5.94. The summed E-state index contributed by atoms with van der Waals surface area (Å²) in [5, 5.41) is 2.82. The highest BCUT2D eigenvalue weighted by Crippen LogP contribution is 2.25. The van der Waals surface area contributed by atoms with Crippen LogP contribution in [-0.2, 0) is 11.3 Å². The van der Waals surface area contributed by atoms with Crippen molar-refractivity contribution in [2.45, 2.75) is 31.5 Å². The number of hydrogen-bond donors (Lipinski definition) is 1. The lowest BCUT2D eigenvalue weighted by Gasteiger charge is -2.38. The van der Waals surface area contributed by atoms with Crippen LogP contribution in [0.25, 0.3) is 0 Å². The number of rotatable bonds is 4. The minimum Gasteiger partial charge on any atom is -0.381 e. The van der Waals surface area contributed by atoms with E-state index in [-0.39, 0.29) is 12.4 Å². The molecule has 2 atom stereocenters. The smallest absolute Gasteiger partial charge is 0.0599 e. The molecule has 104 valence electrons. The largest absolute Gasteiger partial charge is 0.381 e. The van der Waals surface area contributed by atoms with Gasteiger partial charge < -0.3 is 10.5 Å². The third-order valence-electron chi connectivity index (χ3n) is 3.38. The molecule has 6 heteroatoms. The van der Waals surface area contributed by atoms with Crippen LogP contribution in [-0.4, -0.2) is 37.2 Å². The number of thiophene rings is 1. The zero-order chi connectivity index (χ0) is 12.3. The standard InChI is InChI=1S/C12H19ClN2OS.ClH/c1-16-11-2-3-15(10(5-11)6-14)7-12-4-9(13)8-17-12;/h4,8,10-11H,2-3,5-7,14H2,1H3;1H. The van der Waals surface area contributed by atoms with Crippen LogP contribution in [0.2, 0.25) is 5.02 Å². The number of ether oxygens (including phenoxy) is 1. The Balaban J connectivity index is 0.00000162. The second kappa shape index (κ2) is 7.68. The molecule has 1 saturated heterocycles. The molecule has 1 aromatic heterocycles. The Kier molecular flexibility index (Phi) is 6.92. The van der Waals surface area contributed by atoms with E-state index in [1.165, 1.54) is 4.88 Å². The predicted octanol–water partition coefficient (Wildman–Crippen LogP) is 2.76. The first-order chi connectivity index (χ1) is 8.22. The molecule has 18 heavy (non-hydrogen) atoms. The fourth-order valence-electron chi connectivity index (χ4n) is 2.37. The van der Waals surface area contributed by atoms with E-state index in [1.54, 1.807) is 18.4 Å². The van der Waals surface area contributed by atoms with Crippen LogP contribution in [0.15, 0.2) is 11.4 Å². The van der Waals surface area contributed by atoms with Crippen molar-refractivity contribution in [3.05, 3.63) is 21.3 Å². The molecule has 0 amide bonds. The Labute approximate surface area is 124 Å². The highest BCUT2D eigenvalue weighted by atomic mass is 35.5. The predicted molar refractivity (Wildman–Crippen MR) is 79.9 cm³/mol. The summed E-state index contributed by atoms with van der Waals surface area (Å²) in [5.41, 5.74) is 5.85. The Hall–Kier alpha value is 0.160. The number of methoxy groups -OCH3 is 1. The van der Waals surface area contributed by atoms with Crippen molar-refractivity contribution in [3.63, 3.8) is 0 Å². The number of piperidine rings is 1. The summed E-state index contributed by atoms with van der Waals surface area (Å²) in [6.45, 7) is 2.70. The molecular formula is C12H20Cl2N2OS. The van der Waals surface area contributed by atoms with Gasteiger partial charge in [-0.2, -0.15) is 0 Å². The summed E-state index contributed by atoms with van der Waals surface area (Å²) in [4.78, 5) is 3.75. The molecule has 0 radical (unpaired) electrons. The van der Waals surface area contributed by atoms with Crippen LogP contribution in [0.4, 0.5) is 0 Å². The first-order valence-corrected chi connectivity index (χ1v) is 7.18. The molecule has 0 bridgehead atoms. The monoisotopic (exact) mass is 310 g/mol. The molecule has 0 aromatic carbocycles. The molecule has 1 fully saturated rings. The average molecular weight is 311 g/mol. The first kappa shape index (κ1) is 16.2. The maximum Gasteiger partial charge on any atom is 0.0599 e. The van der Waals surface area contributed by atoms with Gasteiger partial charge in [0.2, 0.25) is 0 Å². The van der Waals surface area contributed by atoms with Gasteiger partial charge in [-0.05, 0) is 18.9 Å². The molecular weight excluding hydrogens is 291 g/mol. The van der Waals surface area contributed by atoms with Crippen LogP contribution in [0.1, 0.15) is 17.7 Å². The first-order valence-electron chi connectivity index (χ1n) is 5.92. The van der Waals surface area contributed by atoms with Gasteiger partial charge in [-0.15, -0.1) is 23.7 Å². The van der Waals surface area contributed by atoms with Crippen LogP contribution < -0.4 is 5.73 Å². The summed E-state index contributed by atoms with van der Waals surface area (Å²) in [6.07, 6.45) is 2.49. The number of nitrogens with zero attached hydrogens (tertiary/aromatic N) is 1. The molecule has 0 saturated carbocycles. The lowest BCUT2D eigenvalue weighted by Crippen LogP contribution is -2.47. The molecule has 0 spiro atoms. The lowest BCUT2D eigenvalue weighted by molar-refractivity contribution is 0.0106. The number of nitrogens with two attached hydrogens (primary N) is 1. The highest BCUT2D eigenvalue weighted by molar-refractivity contribution is 7.10. The van der Waals surface area contributed by atoms with Crippen LogP contribution >= 0.6 is 35.3 Å². The fourth-order valence-corrected chi connectivity index (χ4v) is 3.46. The van der Waals surface area contributed by atoms with Gasteiger partial charge in [0.25, 0.3) is 0 Å². The summed E-state index contributed by atoms with van der Waals surface area (Å²) in [7, 11) is 1.78. The number of hydrogen-bond acceptors (Lipinski definition) is 4. The van der Waals surface area contributed by atoms with E-state index in [1.807, 2.05) is 11.4 Å². The molecule has 2 unspecified atom stereocenters. The van der Waals surface area contributed by atoms with E-state index < -0.39 is 0 Å². The second-order valence-electron chi connectivity index (χ2n) is 4.47. The second-order valence-corrected chi connectivity index (χ2v) is 5.91. The van der Waals surface area contributed by atoms with E-state index in [2.05, 4.69) is 4.90 Å². The average Bonchev–Trinajstić information content (AvgIpc) is 2.75. The van der Waals surface area contributed by atoms with Gasteiger partial charge in [0, 0.05) is 43.0 Å². The van der Waals surface area contributed by atoms with Crippen LogP contribution in [0.5, 0.6) is 0 Å². The van der Waals surface area contributed by atoms with Gasteiger partial charge in [0.1, 0.15) is 0 Å². The normalized spacial score (nSPS) is 24.8. The van der Waals surface area contributed by atoms with Crippen LogP contribution in [0.3, 0.4) is 0 Å². The topological polar surface area (TPSA) is 38.5 Å². The van der Waals surface area contributed by atoms with Gasteiger partial charge in [-0.3, -0.25) is 4.90 Å². The summed E-state index contributed by atoms with van der Waals surface area (Å²) < 4.78 is 5.43. The highest BCUT2D eigenvalue weighted by Gasteiger charge is 2.27. The fraction of sp³-hybridized carbons (Fsp3) is 0.667. The zero-order valence-corrected chi connectivity index (χ0v) is 12.9. The van der Waals surface area contributed by atoms with E-state index in [4.69, 9.17) is 22.1 Å². The third kappa shape index (κ3) is 4.08. The maximum atomic E-state index is 5.94. The van der Waals surface area contributed by atoms with E-state index in [0.29, 0.717) is 18.7 Å². The lowest BCUT2D eigenvalue weighted by atomic mass is 9.99. The quantitative estimate of drug-likeness (QED) is 0.929. The minimum atomic E-state index is 0. The number of likely N-dealkylation sites (tertiary alicyclic amines) is 1. The van der Waals surface area contributed by atoms with Gasteiger partial charge >= 0.3 is 0 Å². The van der Waals surface area contributed by atoms with Crippen molar-refractivity contribution in [1.29, 1.82) is 0 Å². The van der Waals surface area contributed by atoms with Crippen molar-refractivity contribution in [2.75, 3.05) is 20.2 Å². The van der Waals surface area contributed by atoms with Crippen LogP contribution in [0, 0.1) is 0 Å². The third-order valence-corrected chi connectivity index (χ3v) is 4.64. The zero-order valence-electron chi connectivity index (χ0n) is 10.5. The molecule has 1 aromatic rings. The summed E-state index contributed by atoms with van der Waals surface area (Å²) in [5.74, 6) is 0. The Morgan fingerprint density at radius 1 is 1.61 bits per heavy atom. The molecule has 2 rings (SSSR count). The van der Waals surface area contributed by atoms with Crippen molar-refractivity contribution < 1.29 is 4.74 Å². The van der Waals surface area contributed by atoms with Gasteiger partial charge in [-0.25, -0.2) is 0 Å². The van der Waals surface area contributed by atoms with Crippen molar-refractivity contribution >= 4 is 35.3 Å². The Morgan fingerprint density at radius 3 is 2.94 bits per heavy atom. The Bertz CT molecular complexity index is 362. The van der Waals surface area contributed by atoms with E-state index in [0.717, 1.165) is 31.0 Å². The van der Waals surface area contributed by atoms with Gasteiger partial charge in [0.05, 0.1) is 11.1 Å². The summed E-state index contributed by atoms with van der Waals surface area (Å²) >= 11 is 7.66. The molecule has 3 nitrogen and oxygen atoms in total. The van der Waals surface area contributed by atoms with E-state index >= 15 is 0 Å². The molecule has 0 aliphatic carbocycles.